The van der Waals surface area contributed by atoms with Crippen LogP contribution in [0.25, 0.3) is 0 Å². The summed E-state index contributed by atoms with van der Waals surface area (Å²) in [4.78, 5) is 14.8. The van der Waals surface area contributed by atoms with Crippen molar-refractivity contribution in [3.63, 3.8) is 0 Å². The number of aldehydes is 1. The van der Waals surface area contributed by atoms with Gasteiger partial charge in [0.05, 0.1) is 0 Å². The number of carbonyl (C=O) groups excluding carboxylic acids is 1. The van der Waals surface area contributed by atoms with Crippen molar-refractivity contribution in [1.29, 1.82) is 0 Å². The van der Waals surface area contributed by atoms with E-state index in [1.807, 2.05) is 36.5 Å². The summed E-state index contributed by atoms with van der Waals surface area (Å²) in [5.74, 6) is 0. The highest BCUT2D eigenvalue weighted by Gasteiger charge is 2.01. The van der Waals surface area contributed by atoms with E-state index < -0.39 is 0 Å². The lowest BCUT2D eigenvalue weighted by Gasteiger charge is -2.06. The summed E-state index contributed by atoms with van der Waals surface area (Å²) in [6.07, 6.45) is 5.32. The molecule has 2 nitrogen and oxygen atoms in total. The predicted octanol–water partition coefficient (Wildman–Crippen LogP) is 2.79. The van der Waals surface area contributed by atoms with Gasteiger partial charge in [-0.3, -0.25) is 9.78 Å². The summed E-state index contributed by atoms with van der Waals surface area (Å²) in [5.41, 5.74) is 4.27. The Bertz CT molecular complexity index is 491. The van der Waals surface area contributed by atoms with Crippen LogP contribution in [0.15, 0.2) is 42.7 Å². The first-order chi connectivity index (χ1) is 7.79. The van der Waals surface area contributed by atoms with E-state index in [0.29, 0.717) is 0 Å². The van der Waals surface area contributed by atoms with Crippen LogP contribution in [0, 0.1) is 6.92 Å². The highest BCUT2D eigenvalue weighted by Crippen LogP contribution is 2.14. The number of rotatable bonds is 3. The maximum Gasteiger partial charge on any atom is 0.150 e. The maximum atomic E-state index is 10.7. The molecule has 0 amide bonds. The standard InChI is InChI=1S/C14H13NO/c1-11-4-5-13(10-16)8-14(11)7-12-3-2-6-15-9-12/h2-6,8-10H,7H2,1H3. The molecule has 1 heterocycles. The molecule has 0 spiro atoms. The summed E-state index contributed by atoms with van der Waals surface area (Å²) in [7, 11) is 0. The van der Waals surface area contributed by atoms with Crippen LogP contribution in [-0.2, 0) is 6.42 Å². The molecular formula is C14H13NO. The van der Waals surface area contributed by atoms with Crippen LogP contribution in [0.2, 0.25) is 0 Å². The predicted molar refractivity (Wildman–Crippen MR) is 63.6 cm³/mol. The van der Waals surface area contributed by atoms with Crippen LogP contribution in [0.4, 0.5) is 0 Å². The summed E-state index contributed by atoms with van der Waals surface area (Å²) in [5, 5.41) is 0. The van der Waals surface area contributed by atoms with E-state index in [1.165, 1.54) is 11.1 Å². The fourth-order valence-corrected chi connectivity index (χ4v) is 1.68. The molecule has 0 bridgehead atoms. The molecule has 1 aromatic heterocycles. The highest BCUT2D eigenvalue weighted by atomic mass is 16.1. The molecule has 0 saturated heterocycles. The molecule has 80 valence electrons. The van der Waals surface area contributed by atoms with E-state index in [2.05, 4.69) is 11.9 Å². The Kier molecular flexibility index (Phi) is 3.10. The minimum Gasteiger partial charge on any atom is -0.298 e. The first-order valence-corrected chi connectivity index (χ1v) is 5.23. The Morgan fingerprint density at radius 3 is 2.88 bits per heavy atom. The van der Waals surface area contributed by atoms with E-state index in [0.717, 1.165) is 23.8 Å². The topological polar surface area (TPSA) is 30.0 Å². The van der Waals surface area contributed by atoms with Crippen LogP contribution >= 0.6 is 0 Å². The third-order valence-electron chi connectivity index (χ3n) is 2.63. The fraction of sp³-hybridized carbons (Fsp3) is 0.143. The molecule has 0 aliphatic rings. The van der Waals surface area contributed by atoms with E-state index in [9.17, 15) is 4.79 Å². The number of carbonyl (C=O) groups is 1. The molecule has 0 fully saturated rings. The van der Waals surface area contributed by atoms with Crippen molar-refractivity contribution in [1.82, 2.24) is 4.98 Å². The van der Waals surface area contributed by atoms with Gasteiger partial charge in [0, 0.05) is 18.0 Å². The van der Waals surface area contributed by atoms with Crippen molar-refractivity contribution in [2.75, 3.05) is 0 Å². The van der Waals surface area contributed by atoms with Gasteiger partial charge in [0.1, 0.15) is 6.29 Å². The SMILES string of the molecule is Cc1ccc(C=O)cc1Cc1cccnc1. The van der Waals surface area contributed by atoms with Crippen LogP contribution in [0.3, 0.4) is 0 Å². The normalized spacial score (nSPS) is 10.1. The Labute approximate surface area is 95.0 Å². The van der Waals surface area contributed by atoms with Gasteiger partial charge in [0.25, 0.3) is 0 Å². The Morgan fingerprint density at radius 2 is 2.19 bits per heavy atom. The van der Waals surface area contributed by atoms with Crippen molar-refractivity contribution in [2.24, 2.45) is 0 Å². The third-order valence-corrected chi connectivity index (χ3v) is 2.63. The summed E-state index contributed by atoms with van der Waals surface area (Å²) < 4.78 is 0. The molecule has 0 N–H and O–H groups in total. The second-order valence-electron chi connectivity index (χ2n) is 3.84. The van der Waals surface area contributed by atoms with Gasteiger partial charge in [0.2, 0.25) is 0 Å². The average molecular weight is 211 g/mol. The molecule has 1 aromatic carbocycles. The van der Waals surface area contributed by atoms with Gasteiger partial charge in [-0.25, -0.2) is 0 Å². The van der Waals surface area contributed by atoms with Gasteiger partial charge < -0.3 is 0 Å². The van der Waals surface area contributed by atoms with Gasteiger partial charge in [-0.15, -0.1) is 0 Å². The lowest BCUT2D eigenvalue weighted by Crippen LogP contribution is -1.94. The van der Waals surface area contributed by atoms with Crippen LogP contribution in [0.1, 0.15) is 27.0 Å². The number of nitrogens with zero attached hydrogens (tertiary/aromatic N) is 1. The monoisotopic (exact) mass is 211 g/mol. The molecule has 0 unspecified atom stereocenters. The summed E-state index contributed by atoms with van der Waals surface area (Å²) in [6, 6.07) is 9.73. The zero-order valence-corrected chi connectivity index (χ0v) is 9.18. The zero-order valence-electron chi connectivity index (χ0n) is 9.18. The first-order valence-electron chi connectivity index (χ1n) is 5.23. The minimum absolute atomic E-state index is 0.726. The number of hydrogen-bond donors (Lipinski definition) is 0. The molecule has 2 aromatic rings. The van der Waals surface area contributed by atoms with Crippen molar-refractivity contribution < 1.29 is 4.79 Å². The zero-order chi connectivity index (χ0) is 11.4. The van der Waals surface area contributed by atoms with E-state index in [4.69, 9.17) is 0 Å². The number of pyridine rings is 1. The molecule has 0 saturated carbocycles. The van der Waals surface area contributed by atoms with Crippen LogP contribution in [0.5, 0.6) is 0 Å². The first kappa shape index (κ1) is 10.6. The minimum atomic E-state index is 0.726. The Morgan fingerprint density at radius 1 is 1.31 bits per heavy atom. The second kappa shape index (κ2) is 4.71. The largest absolute Gasteiger partial charge is 0.298 e. The van der Waals surface area contributed by atoms with Gasteiger partial charge in [-0.1, -0.05) is 18.2 Å². The molecule has 0 aliphatic carbocycles. The van der Waals surface area contributed by atoms with Gasteiger partial charge in [-0.05, 0) is 42.2 Å². The molecule has 2 heteroatoms. The van der Waals surface area contributed by atoms with Crippen molar-refractivity contribution >= 4 is 6.29 Å². The van der Waals surface area contributed by atoms with Crippen molar-refractivity contribution in [3.8, 4) is 0 Å². The number of aryl methyl sites for hydroxylation is 1. The highest BCUT2D eigenvalue weighted by molar-refractivity contribution is 5.75. The third kappa shape index (κ3) is 2.34. The van der Waals surface area contributed by atoms with Gasteiger partial charge >= 0.3 is 0 Å². The maximum absolute atomic E-state index is 10.7. The number of benzene rings is 1. The lowest BCUT2D eigenvalue weighted by atomic mass is 9.99. The summed E-state index contributed by atoms with van der Waals surface area (Å²) >= 11 is 0. The molecular weight excluding hydrogens is 198 g/mol. The van der Waals surface area contributed by atoms with E-state index in [1.54, 1.807) is 6.20 Å². The summed E-state index contributed by atoms with van der Waals surface area (Å²) in [6.45, 7) is 2.06. The van der Waals surface area contributed by atoms with Gasteiger partial charge in [0.15, 0.2) is 0 Å². The molecule has 0 aliphatic heterocycles. The molecule has 0 atom stereocenters. The smallest absolute Gasteiger partial charge is 0.150 e. The Hall–Kier alpha value is -1.96. The average Bonchev–Trinajstić information content (AvgIpc) is 2.33. The molecule has 16 heavy (non-hydrogen) atoms. The number of aromatic nitrogens is 1. The van der Waals surface area contributed by atoms with Crippen LogP contribution in [-0.4, -0.2) is 11.3 Å². The molecule has 0 radical (unpaired) electrons. The fourth-order valence-electron chi connectivity index (χ4n) is 1.68. The van der Waals surface area contributed by atoms with Crippen molar-refractivity contribution in [2.45, 2.75) is 13.3 Å². The molecule has 2 rings (SSSR count). The Balaban J connectivity index is 2.30. The van der Waals surface area contributed by atoms with Crippen molar-refractivity contribution in [3.05, 3.63) is 65.0 Å². The van der Waals surface area contributed by atoms with E-state index in [-0.39, 0.29) is 0 Å². The quantitative estimate of drug-likeness (QED) is 0.731. The lowest BCUT2D eigenvalue weighted by molar-refractivity contribution is 0.112. The van der Waals surface area contributed by atoms with E-state index >= 15 is 0 Å². The van der Waals surface area contributed by atoms with Crippen LogP contribution < -0.4 is 0 Å². The van der Waals surface area contributed by atoms with Gasteiger partial charge in [-0.2, -0.15) is 0 Å². The number of hydrogen-bond acceptors (Lipinski definition) is 2. The second-order valence-corrected chi connectivity index (χ2v) is 3.84.